The van der Waals surface area contributed by atoms with Crippen molar-refractivity contribution in [3.63, 3.8) is 0 Å². The molecule has 1 fully saturated rings. The maximum Gasteiger partial charge on any atom is 0.252 e. The Morgan fingerprint density at radius 3 is 2.28 bits per heavy atom. The summed E-state index contributed by atoms with van der Waals surface area (Å²) in [5, 5.41) is 0.999. The lowest BCUT2D eigenvalue weighted by Crippen LogP contribution is -2.46. The van der Waals surface area contributed by atoms with E-state index in [-0.39, 0.29) is 17.9 Å². The van der Waals surface area contributed by atoms with Crippen LogP contribution in [0.2, 0.25) is 0 Å². The first-order valence-electron chi connectivity index (χ1n) is 12.8. The van der Waals surface area contributed by atoms with Crippen molar-refractivity contribution in [1.29, 1.82) is 0 Å². The third kappa shape index (κ3) is 4.83. The van der Waals surface area contributed by atoms with Crippen LogP contribution in [-0.4, -0.2) is 42.1 Å². The van der Waals surface area contributed by atoms with Crippen molar-refractivity contribution in [3.8, 4) is 0 Å². The van der Waals surface area contributed by atoms with Crippen LogP contribution in [0.1, 0.15) is 34.2 Å². The summed E-state index contributed by atoms with van der Waals surface area (Å²) in [7, 11) is -4.15. The van der Waals surface area contributed by atoms with Gasteiger partial charge >= 0.3 is 0 Å². The number of rotatable bonds is 7. The second-order valence-corrected chi connectivity index (χ2v) is 12.8. The highest BCUT2D eigenvalue weighted by atomic mass is 79.9. The number of amides is 2. The SMILES string of the molecule is Cc1cc(C)c(C)c(S(=O)(=O)N(CCc2c[nH]c3ccccc23)C2CC(=O)N(c3ccc(Br)cc3)C2=O)c1C. The van der Waals surface area contributed by atoms with E-state index in [2.05, 4.69) is 20.9 Å². The zero-order valence-corrected chi connectivity index (χ0v) is 24.7. The maximum atomic E-state index is 14.5. The standard InChI is InChI=1S/C30H30BrN3O4S/c1-18-15-19(2)21(4)29(20(18)3)39(37,38)33(14-13-22-17-32-26-8-6-5-7-25(22)26)27-16-28(35)34(30(27)36)24-11-9-23(31)10-12-24/h5-12,15,17,27,32H,13-14,16H2,1-4H3. The third-order valence-electron chi connectivity index (χ3n) is 7.70. The lowest BCUT2D eigenvalue weighted by molar-refractivity contribution is -0.122. The number of carbonyl (C=O) groups excluding carboxylic acids is 2. The second kappa shape index (κ2) is 10.4. The topological polar surface area (TPSA) is 90.6 Å². The number of benzene rings is 3. The Bertz CT molecular complexity index is 1680. The summed E-state index contributed by atoms with van der Waals surface area (Å²) in [6.45, 7) is 7.41. The first-order chi connectivity index (χ1) is 18.5. The van der Waals surface area contributed by atoms with Crippen molar-refractivity contribution in [2.75, 3.05) is 11.4 Å². The summed E-state index contributed by atoms with van der Waals surface area (Å²) in [4.78, 5) is 31.5. The highest BCUT2D eigenvalue weighted by molar-refractivity contribution is 9.10. The number of aromatic amines is 1. The van der Waals surface area contributed by atoms with Crippen LogP contribution in [0.4, 0.5) is 5.69 Å². The van der Waals surface area contributed by atoms with Crippen molar-refractivity contribution in [2.45, 2.75) is 51.5 Å². The average Bonchev–Trinajstić information content (AvgIpc) is 3.43. The molecule has 1 aliphatic rings. The number of imide groups is 1. The number of fused-ring (bicyclic) bond motifs is 1. The van der Waals surface area contributed by atoms with E-state index in [4.69, 9.17) is 0 Å². The van der Waals surface area contributed by atoms with Crippen LogP contribution >= 0.6 is 15.9 Å². The average molecular weight is 609 g/mol. The number of sulfonamides is 1. The van der Waals surface area contributed by atoms with Gasteiger partial charge in [0.1, 0.15) is 6.04 Å². The van der Waals surface area contributed by atoms with Crippen LogP contribution in [0.25, 0.3) is 10.9 Å². The molecule has 2 heterocycles. The fourth-order valence-electron chi connectivity index (χ4n) is 5.40. The fourth-order valence-corrected chi connectivity index (χ4v) is 7.83. The van der Waals surface area contributed by atoms with Gasteiger partial charge in [0, 0.05) is 28.1 Å². The normalized spacial score (nSPS) is 16.2. The van der Waals surface area contributed by atoms with Gasteiger partial charge in [0.05, 0.1) is 17.0 Å². The second-order valence-electron chi connectivity index (χ2n) is 10.1. The highest BCUT2D eigenvalue weighted by Gasteiger charge is 2.47. The van der Waals surface area contributed by atoms with Gasteiger partial charge < -0.3 is 4.98 Å². The van der Waals surface area contributed by atoms with Gasteiger partial charge in [-0.3, -0.25) is 9.59 Å². The van der Waals surface area contributed by atoms with Crippen molar-refractivity contribution >= 4 is 54.4 Å². The molecule has 4 aromatic rings. The van der Waals surface area contributed by atoms with Gasteiger partial charge in [-0.25, -0.2) is 13.3 Å². The molecular weight excluding hydrogens is 578 g/mol. The molecule has 0 radical (unpaired) electrons. The predicted molar refractivity (Wildman–Crippen MR) is 156 cm³/mol. The summed E-state index contributed by atoms with van der Waals surface area (Å²) >= 11 is 3.37. The molecule has 202 valence electrons. The Kier molecular flexibility index (Phi) is 7.26. The minimum Gasteiger partial charge on any atom is -0.361 e. The Hall–Kier alpha value is -3.27. The smallest absolute Gasteiger partial charge is 0.252 e. The van der Waals surface area contributed by atoms with Crippen molar-refractivity contribution in [1.82, 2.24) is 9.29 Å². The van der Waals surface area contributed by atoms with E-state index in [1.165, 1.54) is 4.31 Å². The molecule has 1 unspecified atom stereocenters. The maximum absolute atomic E-state index is 14.5. The summed E-state index contributed by atoms with van der Waals surface area (Å²) in [6.07, 6.45) is 2.03. The molecule has 5 rings (SSSR count). The molecule has 1 N–H and O–H groups in total. The number of halogens is 1. The van der Waals surface area contributed by atoms with E-state index in [1.807, 2.05) is 50.4 Å². The Morgan fingerprint density at radius 2 is 1.62 bits per heavy atom. The van der Waals surface area contributed by atoms with E-state index in [9.17, 15) is 18.0 Å². The molecule has 1 saturated heterocycles. The molecule has 0 aliphatic carbocycles. The number of aryl methyl sites for hydroxylation is 2. The number of anilines is 1. The molecule has 0 saturated carbocycles. The zero-order chi connectivity index (χ0) is 28.1. The van der Waals surface area contributed by atoms with Crippen LogP contribution in [0.3, 0.4) is 0 Å². The molecule has 3 aromatic carbocycles. The number of hydrogen-bond acceptors (Lipinski definition) is 4. The first-order valence-corrected chi connectivity index (χ1v) is 15.0. The van der Waals surface area contributed by atoms with Gasteiger partial charge in [0.25, 0.3) is 5.91 Å². The minimum absolute atomic E-state index is 0.0495. The number of nitrogens with zero attached hydrogens (tertiary/aromatic N) is 2. The largest absolute Gasteiger partial charge is 0.361 e. The van der Waals surface area contributed by atoms with Gasteiger partial charge in [-0.1, -0.05) is 40.2 Å². The number of nitrogens with one attached hydrogen (secondary N) is 1. The minimum atomic E-state index is -4.15. The Labute approximate surface area is 237 Å². The summed E-state index contributed by atoms with van der Waals surface area (Å²) < 4.78 is 31.0. The van der Waals surface area contributed by atoms with Crippen molar-refractivity contribution in [3.05, 3.63) is 93.1 Å². The monoisotopic (exact) mass is 607 g/mol. The predicted octanol–water partition coefficient (Wildman–Crippen LogP) is 5.73. The summed E-state index contributed by atoms with van der Waals surface area (Å²) in [6, 6.07) is 15.5. The van der Waals surface area contributed by atoms with Crippen LogP contribution in [-0.2, 0) is 26.0 Å². The third-order valence-corrected chi connectivity index (χ3v) is 10.4. The number of para-hydroxylation sites is 1. The molecule has 0 bridgehead atoms. The van der Waals surface area contributed by atoms with Gasteiger partial charge in [-0.15, -0.1) is 0 Å². The van der Waals surface area contributed by atoms with Gasteiger partial charge in [-0.2, -0.15) is 4.31 Å². The van der Waals surface area contributed by atoms with E-state index < -0.39 is 27.9 Å². The number of aromatic nitrogens is 1. The summed E-state index contributed by atoms with van der Waals surface area (Å²) in [5.74, 6) is -0.960. The molecule has 1 atom stereocenters. The lowest BCUT2D eigenvalue weighted by atomic mass is 10.0. The van der Waals surface area contributed by atoms with Crippen molar-refractivity contribution in [2.24, 2.45) is 0 Å². The van der Waals surface area contributed by atoms with Gasteiger partial charge in [0.2, 0.25) is 15.9 Å². The van der Waals surface area contributed by atoms with Gasteiger partial charge in [0.15, 0.2) is 0 Å². The van der Waals surface area contributed by atoms with Gasteiger partial charge in [-0.05, 0) is 92.3 Å². The first kappa shape index (κ1) is 27.3. The van der Waals surface area contributed by atoms with E-state index in [1.54, 1.807) is 38.1 Å². The van der Waals surface area contributed by atoms with Crippen LogP contribution in [0, 0.1) is 27.7 Å². The summed E-state index contributed by atoms with van der Waals surface area (Å²) in [5.41, 5.74) is 5.34. The molecule has 39 heavy (non-hydrogen) atoms. The molecule has 1 aromatic heterocycles. The molecular formula is C30H30BrN3O4S. The van der Waals surface area contributed by atoms with E-state index in [0.717, 1.165) is 37.0 Å². The quantitative estimate of drug-likeness (QED) is 0.272. The molecule has 9 heteroatoms. The number of carbonyl (C=O) groups is 2. The Balaban J connectivity index is 1.59. The number of H-pyrrole nitrogens is 1. The number of hydrogen-bond donors (Lipinski definition) is 1. The van der Waals surface area contributed by atoms with Crippen LogP contribution < -0.4 is 4.90 Å². The molecule has 0 spiro atoms. The lowest BCUT2D eigenvalue weighted by Gasteiger charge is -2.29. The molecule has 1 aliphatic heterocycles. The molecule has 7 nitrogen and oxygen atoms in total. The van der Waals surface area contributed by atoms with Crippen molar-refractivity contribution < 1.29 is 18.0 Å². The fraction of sp³-hybridized carbons (Fsp3) is 0.267. The molecule has 2 amide bonds. The zero-order valence-electron chi connectivity index (χ0n) is 22.3. The Morgan fingerprint density at radius 1 is 0.974 bits per heavy atom. The highest BCUT2D eigenvalue weighted by Crippen LogP contribution is 2.34. The van der Waals surface area contributed by atoms with E-state index >= 15 is 0 Å². The van der Waals surface area contributed by atoms with Crippen LogP contribution in [0.5, 0.6) is 0 Å². The van der Waals surface area contributed by atoms with E-state index in [0.29, 0.717) is 23.2 Å². The van der Waals surface area contributed by atoms with Crippen LogP contribution in [0.15, 0.2) is 70.2 Å².